The lowest BCUT2D eigenvalue weighted by molar-refractivity contribution is 0.0300. The summed E-state index contributed by atoms with van der Waals surface area (Å²) in [4.78, 5) is 33.4. The second-order valence-corrected chi connectivity index (χ2v) is 5.62. The van der Waals surface area contributed by atoms with E-state index in [2.05, 4.69) is 4.98 Å². The molecule has 1 fully saturated rings. The number of aromatic nitrogens is 2. The van der Waals surface area contributed by atoms with Gasteiger partial charge in [-0.25, -0.2) is 4.98 Å². The molecular weight excluding hydrogens is 308 g/mol. The minimum atomic E-state index is -0.165. The fourth-order valence-corrected chi connectivity index (χ4v) is 2.91. The summed E-state index contributed by atoms with van der Waals surface area (Å²) in [6.45, 7) is 7.21. The summed E-state index contributed by atoms with van der Waals surface area (Å²) in [5.41, 5.74) is 0.984. The van der Waals surface area contributed by atoms with Crippen LogP contribution in [0.1, 0.15) is 35.0 Å². The number of morpholine rings is 1. The monoisotopic (exact) mass is 330 g/mol. The number of hydrogen-bond donors (Lipinski definition) is 0. The highest BCUT2D eigenvalue weighted by molar-refractivity contribution is 6.02. The summed E-state index contributed by atoms with van der Waals surface area (Å²) in [6, 6.07) is 5.50. The van der Waals surface area contributed by atoms with E-state index in [4.69, 9.17) is 4.74 Å². The summed E-state index contributed by atoms with van der Waals surface area (Å²) in [5, 5.41) is 0. The van der Waals surface area contributed by atoms with E-state index in [1.165, 1.54) is 0 Å². The largest absolute Gasteiger partial charge is 0.378 e. The van der Waals surface area contributed by atoms with E-state index in [1.807, 2.05) is 32.0 Å². The number of ether oxygens (including phenoxy) is 1. The average molecular weight is 330 g/mol. The van der Waals surface area contributed by atoms with Crippen molar-refractivity contribution >= 4 is 17.3 Å². The molecule has 0 radical (unpaired) electrons. The Balaban J connectivity index is 2.03. The van der Waals surface area contributed by atoms with Gasteiger partial charge in [-0.1, -0.05) is 6.07 Å². The predicted molar refractivity (Wildman–Crippen MR) is 89.2 cm³/mol. The first-order valence-electron chi connectivity index (χ1n) is 8.30. The maximum atomic E-state index is 12.8. The van der Waals surface area contributed by atoms with Crippen LogP contribution in [0.5, 0.6) is 0 Å². The van der Waals surface area contributed by atoms with Gasteiger partial charge in [0.25, 0.3) is 11.8 Å². The molecule has 0 atom stereocenters. The van der Waals surface area contributed by atoms with E-state index < -0.39 is 0 Å². The van der Waals surface area contributed by atoms with Crippen LogP contribution in [0.4, 0.5) is 0 Å². The third kappa shape index (κ3) is 2.87. The third-order valence-corrected chi connectivity index (χ3v) is 4.29. The van der Waals surface area contributed by atoms with Gasteiger partial charge in [0.2, 0.25) is 5.82 Å². The normalized spacial score (nSPS) is 14.8. The fourth-order valence-electron chi connectivity index (χ4n) is 2.91. The molecule has 0 aliphatic carbocycles. The van der Waals surface area contributed by atoms with Crippen molar-refractivity contribution < 1.29 is 14.3 Å². The Hall–Kier alpha value is -2.41. The molecule has 7 heteroatoms. The van der Waals surface area contributed by atoms with Gasteiger partial charge in [0.15, 0.2) is 5.69 Å². The number of pyridine rings is 1. The van der Waals surface area contributed by atoms with Gasteiger partial charge in [-0.15, -0.1) is 0 Å². The lowest BCUT2D eigenvalue weighted by atomic mass is 10.3. The van der Waals surface area contributed by atoms with Gasteiger partial charge in [-0.05, 0) is 26.0 Å². The number of amides is 2. The number of hydrogen-bond acceptors (Lipinski definition) is 4. The lowest BCUT2D eigenvalue weighted by Crippen LogP contribution is -2.41. The van der Waals surface area contributed by atoms with Gasteiger partial charge in [-0.2, -0.15) is 0 Å². The second kappa shape index (κ2) is 7.00. The van der Waals surface area contributed by atoms with Crippen molar-refractivity contribution in [3.05, 3.63) is 35.9 Å². The summed E-state index contributed by atoms with van der Waals surface area (Å²) >= 11 is 0. The molecule has 0 bridgehead atoms. The van der Waals surface area contributed by atoms with Crippen LogP contribution < -0.4 is 0 Å². The minimum absolute atomic E-state index is 0.152. The van der Waals surface area contributed by atoms with Crippen molar-refractivity contribution in [3.63, 3.8) is 0 Å². The van der Waals surface area contributed by atoms with E-state index >= 15 is 0 Å². The molecule has 1 aliphatic heterocycles. The van der Waals surface area contributed by atoms with Crippen molar-refractivity contribution in [2.75, 3.05) is 39.4 Å². The van der Waals surface area contributed by atoms with Crippen LogP contribution in [0.25, 0.3) is 5.52 Å². The van der Waals surface area contributed by atoms with Gasteiger partial charge in [0.1, 0.15) is 0 Å². The molecule has 3 heterocycles. The van der Waals surface area contributed by atoms with Crippen LogP contribution in [0.3, 0.4) is 0 Å². The summed E-state index contributed by atoms with van der Waals surface area (Å²) in [5.74, 6) is -0.0336. The van der Waals surface area contributed by atoms with Crippen LogP contribution in [0, 0.1) is 0 Å². The second-order valence-electron chi connectivity index (χ2n) is 5.62. The Morgan fingerprint density at radius 1 is 1.21 bits per heavy atom. The van der Waals surface area contributed by atoms with Gasteiger partial charge in [0, 0.05) is 32.4 Å². The van der Waals surface area contributed by atoms with Crippen LogP contribution in [0.15, 0.2) is 24.4 Å². The number of carbonyl (C=O) groups is 2. The first-order valence-corrected chi connectivity index (χ1v) is 8.30. The number of fused-ring (bicyclic) bond motifs is 1. The first kappa shape index (κ1) is 16.4. The van der Waals surface area contributed by atoms with Crippen LogP contribution in [-0.2, 0) is 4.74 Å². The van der Waals surface area contributed by atoms with E-state index in [0.717, 1.165) is 0 Å². The molecule has 2 aromatic rings. The Labute approximate surface area is 140 Å². The molecule has 128 valence electrons. The van der Waals surface area contributed by atoms with Crippen LogP contribution in [0.2, 0.25) is 0 Å². The molecule has 7 nitrogen and oxygen atoms in total. The Kier molecular flexibility index (Phi) is 4.80. The molecule has 0 unspecified atom stereocenters. The summed E-state index contributed by atoms with van der Waals surface area (Å²) in [7, 11) is 0. The molecule has 0 N–H and O–H groups in total. The van der Waals surface area contributed by atoms with Crippen molar-refractivity contribution in [1.82, 2.24) is 19.2 Å². The molecule has 0 saturated carbocycles. The number of imidazole rings is 1. The zero-order valence-electron chi connectivity index (χ0n) is 14.1. The highest BCUT2D eigenvalue weighted by Crippen LogP contribution is 2.17. The highest BCUT2D eigenvalue weighted by Gasteiger charge is 2.27. The Morgan fingerprint density at radius 2 is 1.92 bits per heavy atom. The average Bonchev–Trinajstić information content (AvgIpc) is 3.02. The number of nitrogens with zero attached hydrogens (tertiary/aromatic N) is 4. The van der Waals surface area contributed by atoms with Crippen LogP contribution in [-0.4, -0.2) is 70.4 Å². The maximum Gasteiger partial charge on any atom is 0.290 e. The number of carbonyl (C=O) groups excluding carboxylic acids is 2. The molecule has 24 heavy (non-hydrogen) atoms. The van der Waals surface area contributed by atoms with Crippen molar-refractivity contribution in [1.29, 1.82) is 0 Å². The van der Waals surface area contributed by atoms with Crippen molar-refractivity contribution in [2.45, 2.75) is 13.8 Å². The van der Waals surface area contributed by atoms with Gasteiger partial charge < -0.3 is 14.5 Å². The molecule has 3 rings (SSSR count). The van der Waals surface area contributed by atoms with Crippen molar-refractivity contribution in [3.8, 4) is 0 Å². The van der Waals surface area contributed by atoms with E-state index in [1.54, 1.807) is 20.4 Å². The maximum absolute atomic E-state index is 12.8. The summed E-state index contributed by atoms with van der Waals surface area (Å²) < 4.78 is 7.00. The molecule has 1 aliphatic rings. The molecule has 2 amide bonds. The molecule has 2 aromatic heterocycles. The smallest absolute Gasteiger partial charge is 0.290 e. The predicted octanol–water partition coefficient (Wildman–Crippen LogP) is 1.29. The summed E-state index contributed by atoms with van der Waals surface area (Å²) in [6.07, 6.45) is 1.77. The van der Waals surface area contributed by atoms with Gasteiger partial charge in [-0.3, -0.25) is 14.0 Å². The number of rotatable bonds is 4. The highest BCUT2D eigenvalue weighted by atomic mass is 16.5. The van der Waals surface area contributed by atoms with E-state index in [9.17, 15) is 9.59 Å². The third-order valence-electron chi connectivity index (χ3n) is 4.29. The topological polar surface area (TPSA) is 67.2 Å². The van der Waals surface area contributed by atoms with E-state index in [-0.39, 0.29) is 17.6 Å². The first-order chi connectivity index (χ1) is 11.7. The zero-order valence-corrected chi connectivity index (χ0v) is 14.1. The van der Waals surface area contributed by atoms with Crippen molar-refractivity contribution in [2.24, 2.45) is 0 Å². The molecule has 0 spiro atoms. The lowest BCUT2D eigenvalue weighted by Gasteiger charge is -2.26. The molecule has 0 aromatic carbocycles. The molecule has 1 saturated heterocycles. The minimum Gasteiger partial charge on any atom is -0.378 e. The quantitative estimate of drug-likeness (QED) is 0.847. The van der Waals surface area contributed by atoms with Crippen LogP contribution >= 0.6 is 0 Å². The SMILES string of the molecule is CCN(CC)C(=O)c1nc(C(=O)N2CCOCC2)c2ccccn12. The van der Waals surface area contributed by atoms with Gasteiger partial charge >= 0.3 is 0 Å². The Bertz CT molecular complexity index is 745. The Morgan fingerprint density at radius 3 is 2.58 bits per heavy atom. The zero-order chi connectivity index (χ0) is 17.1. The fraction of sp³-hybridized carbons (Fsp3) is 0.471. The van der Waals surface area contributed by atoms with Gasteiger partial charge in [0.05, 0.1) is 18.7 Å². The standard InChI is InChI=1S/C17H22N4O3/c1-3-19(4-2)17(23)15-18-14(13-7-5-6-8-21(13)15)16(22)20-9-11-24-12-10-20/h5-8H,3-4,9-12H2,1-2H3. The molecular formula is C17H22N4O3. The van der Waals surface area contributed by atoms with E-state index in [0.29, 0.717) is 50.6 Å².